The smallest absolute Gasteiger partial charge is 0.243 e. The Morgan fingerprint density at radius 3 is 1.54 bits per heavy atom. The molecule has 0 aliphatic heterocycles. The first-order chi connectivity index (χ1) is 12.9. The molecule has 28 heavy (non-hydrogen) atoms. The molecule has 0 spiro atoms. The second-order valence-corrected chi connectivity index (χ2v) is 7.74. The van der Waals surface area contributed by atoms with Crippen LogP contribution < -0.4 is 21.3 Å². The maximum absolute atomic E-state index is 12.4. The van der Waals surface area contributed by atoms with Gasteiger partial charge in [-0.2, -0.15) is 0 Å². The first-order valence-electron chi connectivity index (χ1n) is 9.53. The van der Waals surface area contributed by atoms with Gasteiger partial charge in [-0.1, -0.05) is 27.7 Å². The third-order valence-electron chi connectivity index (χ3n) is 3.81. The highest BCUT2D eigenvalue weighted by molar-refractivity contribution is 5.93. The lowest BCUT2D eigenvalue weighted by Crippen LogP contribution is -2.52. The Labute approximate surface area is 166 Å². The van der Waals surface area contributed by atoms with Crippen LogP contribution in [0.1, 0.15) is 54.4 Å². The molecule has 0 aliphatic carbocycles. The lowest BCUT2D eigenvalue weighted by atomic mass is 10.0. The van der Waals surface area contributed by atoms with Crippen LogP contribution in [0.25, 0.3) is 0 Å². The molecule has 0 aromatic rings. The molecule has 0 radical (unpaired) electrons. The van der Waals surface area contributed by atoms with E-state index < -0.39 is 29.8 Å². The molecule has 0 bridgehead atoms. The maximum Gasteiger partial charge on any atom is 0.243 e. The lowest BCUT2D eigenvalue weighted by molar-refractivity contribution is -0.131. The summed E-state index contributed by atoms with van der Waals surface area (Å²) < 4.78 is 0. The van der Waals surface area contributed by atoms with E-state index in [2.05, 4.69) is 21.3 Å². The van der Waals surface area contributed by atoms with Crippen molar-refractivity contribution in [1.29, 1.82) is 0 Å². The van der Waals surface area contributed by atoms with Crippen LogP contribution in [0.2, 0.25) is 0 Å². The van der Waals surface area contributed by atoms with E-state index in [4.69, 9.17) is 0 Å². The van der Waals surface area contributed by atoms with Crippen molar-refractivity contribution in [2.45, 2.75) is 66.5 Å². The molecule has 0 aromatic carbocycles. The van der Waals surface area contributed by atoms with Crippen molar-refractivity contribution in [3.8, 4) is 0 Å². The van der Waals surface area contributed by atoms with Crippen LogP contribution in [0.15, 0.2) is 0 Å². The Hall–Kier alpha value is -2.45. The molecule has 4 N–H and O–H groups in total. The molecule has 0 aliphatic rings. The minimum atomic E-state index is -0.826. The summed E-state index contributed by atoms with van der Waals surface area (Å²) in [5.41, 5.74) is 0. The molecule has 160 valence electrons. The normalized spacial score (nSPS) is 12.9. The van der Waals surface area contributed by atoms with Gasteiger partial charge in [0.1, 0.15) is 6.04 Å². The summed E-state index contributed by atoms with van der Waals surface area (Å²) >= 11 is 0. The van der Waals surface area contributed by atoms with Gasteiger partial charge in [-0.15, -0.1) is 0 Å². The fourth-order valence-electron chi connectivity index (χ4n) is 2.49. The van der Waals surface area contributed by atoms with Gasteiger partial charge < -0.3 is 21.3 Å². The third kappa shape index (κ3) is 12.0. The molecule has 0 rings (SSSR count). The lowest BCUT2D eigenvalue weighted by Gasteiger charge is -2.21. The molecule has 4 amide bonds. The van der Waals surface area contributed by atoms with Crippen LogP contribution >= 0.6 is 0 Å². The van der Waals surface area contributed by atoms with Gasteiger partial charge in [-0.05, 0) is 31.6 Å². The van der Waals surface area contributed by atoms with Gasteiger partial charge in [0.05, 0.1) is 19.1 Å². The van der Waals surface area contributed by atoms with Crippen molar-refractivity contribution in [1.82, 2.24) is 21.3 Å². The van der Waals surface area contributed by atoms with Crippen molar-refractivity contribution < 1.29 is 24.0 Å². The van der Waals surface area contributed by atoms with E-state index in [9.17, 15) is 24.0 Å². The van der Waals surface area contributed by atoms with E-state index in [1.54, 1.807) is 0 Å². The maximum atomic E-state index is 12.4. The first-order valence-corrected chi connectivity index (χ1v) is 9.53. The Balaban J connectivity index is 4.71. The summed E-state index contributed by atoms with van der Waals surface area (Å²) in [6.45, 7) is 9.87. The second kappa shape index (κ2) is 12.9. The highest BCUT2D eigenvalue weighted by Crippen LogP contribution is 2.06. The molecule has 0 heterocycles. The van der Waals surface area contributed by atoms with Gasteiger partial charge in [-0.25, -0.2) is 0 Å². The largest absolute Gasteiger partial charge is 0.347 e. The number of amides is 4. The number of nitrogens with one attached hydrogen (secondary N) is 4. The highest BCUT2D eigenvalue weighted by Gasteiger charge is 2.23. The molecule has 0 saturated carbocycles. The number of hydrogen-bond donors (Lipinski definition) is 4. The fraction of sp³-hybridized carbons (Fsp3) is 0.737. The van der Waals surface area contributed by atoms with E-state index in [-0.39, 0.29) is 36.6 Å². The van der Waals surface area contributed by atoms with Gasteiger partial charge >= 0.3 is 0 Å². The summed E-state index contributed by atoms with van der Waals surface area (Å²) in [7, 11) is 0. The van der Waals surface area contributed by atoms with Gasteiger partial charge in [0.2, 0.25) is 23.6 Å². The van der Waals surface area contributed by atoms with Gasteiger partial charge in [0.25, 0.3) is 0 Å². The molecule has 2 unspecified atom stereocenters. The highest BCUT2D eigenvalue weighted by atomic mass is 16.2. The topological polar surface area (TPSA) is 133 Å². The third-order valence-corrected chi connectivity index (χ3v) is 3.81. The Bertz CT molecular complexity index is 575. The average molecular weight is 399 g/mol. The number of hydrogen-bond acceptors (Lipinski definition) is 5. The predicted octanol–water partition coefficient (Wildman–Crippen LogP) is -0.110. The predicted molar refractivity (Wildman–Crippen MR) is 105 cm³/mol. The minimum Gasteiger partial charge on any atom is -0.347 e. The van der Waals surface area contributed by atoms with Crippen molar-refractivity contribution >= 4 is 29.4 Å². The zero-order valence-corrected chi connectivity index (χ0v) is 17.7. The van der Waals surface area contributed by atoms with E-state index in [0.29, 0.717) is 12.8 Å². The van der Waals surface area contributed by atoms with Gasteiger partial charge in [-0.3, -0.25) is 24.0 Å². The Morgan fingerprint density at radius 2 is 1.11 bits per heavy atom. The fourth-order valence-corrected chi connectivity index (χ4v) is 2.49. The van der Waals surface area contributed by atoms with E-state index in [0.717, 1.165) is 0 Å². The molecule has 0 saturated heterocycles. The summed E-state index contributed by atoms with van der Waals surface area (Å²) in [5.74, 6) is -1.59. The van der Waals surface area contributed by atoms with Crippen LogP contribution in [0.4, 0.5) is 0 Å². The minimum absolute atomic E-state index is 0.124. The zero-order valence-electron chi connectivity index (χ0n) is 17.7. The molecule has 9 nitrogen and oxygen atoms in total. The Morgan fingerprint density at radius 1 is 0.679 bits per heavy atom. The van der Waals surface area contributed by atoms with Crippen LogP contribution in [-0.4, -0.2) is 54.6 Å². The standard InChI is InChI=1S/C19H34N4O5/c1-11(2)7-15(13(5)24)22-18(27)10-21-19(28)16(8-12(3)4)23-17(26)9-20-14(6)25/h11-12,15-16H,7-10H2,1-6H3,(H,20,25)(H,21,28)(H,22,27)(H,23,26). The molecular formula is C19H34N4O5. The van der Waals surface area contributed by atoms with Crippen LogP contribution in [0, 0.1) is 11.8 Å². The summed E-state index contributed by atoms with van der Waals surface area (Å²) in [5, 5.41) is 10.0. The molecule has 0 fully saturated rings. The first kappa shape index (κ1) is 25.6. The number of carbonyl (C=O) groups excluding carboxylic acids is 5. The number of rotatable bonds is 12. The quantitative estimate of drug-likeness (QED) is 0.364. The van der Waals surface area contributed by atoms with E-state index in [1.807, 2.05) is 27.7 Å². The monoisotopic (exact) mass is 398 g/mol. The van der Waals surface area contributed by atoms with Crippen molar-refractivity contribution in [2.24, 2.45) is 11.8 Å². The number of Topliss-reactive ketones (excluding diaryl/α,β-unsaturated/α-hetero) is 1. The van der Waals surface area contributed by atoms with Crippen molar-refractivity contribution in [3.63, 3.8) is 0 Å². The summed E-state index contributed by atoms with van der Waals surface area (Å²) in [4.78, 5) is 58.9. The van der Waals surface area contributed by atoms with Crippen molar-refractivity contribution in [2.75, 3.05) is 13.1 Å². The number of carbonyl (C=O) groups is 5. The van der Waals surface area contributed by atoms with E-state index in [1.165, 1.54) is 13.8 Å². The van der Waals surface area contributed by atoms with E-state index >= 15 is 0 Å². The van der Waals surface area contributed by atoms with Gasteiger partial charge in [0.15, 0.2) is 5.78 Å². The zero-order chi connectivity index (χ0) is 21.9. The molecule has 0 aromatic heterocycles. The molecule has 9 heteroatoms. The van der Waals surface area contributed by atoms with Crippen LogP contribution in [0.5, 0.6) is 0 Å². The molecular weight excluding hydrogens is 364 g/mol. The molecule has 2 atom stereocenters. The van der Waals surface area contributed by atoms with Crippen LogP contribution in [-0.2, 0) is 24.0 Å². The van der Waals surface area contributed by atoms with Gasteiger partial charge in [0, 0.05) is 6.92 Å². The SMILES string of the molecule is CC(=O)NCC(=O)NC(CC(C)C)C(=O)NCC(=O)NC(CC(C)C)C(C)=O. The summed E-state index contributed by atoms with van der Waals surface area (Å²) in [6, 6.07) is -1.42. The number of ketones is 1. The summed E-state index contributed by atoms with van der Waals surface area (Å²) in [6.07, 6.45) is 0.896. The second-order valence-electron chi connectivity index (χ2n) is 7.74. The average Bonchev–Trinajstić information content (AvgIpc) is 2.55. The van der Waals surface area contributed by atoms with Crippen molar-refractivity contribution in [3.05, 3.63) is 0 Å². The Kier molecular flexibility index (Phi) is 11.7. The van der Waals surface area contributed by atoms with Crippen LogP contribution in [0.3, 0.4) is 0 Å².